The molecule has 0 saturated heterocycles. The molecule has 0 atom stereocenters. The molecule has 0 fully saturated rings. The molecule has 0 saturated carbocycles. The van der Waals surface area contributed by atoms with E-state index in [1.165, 1.54) is 0 Å². The highest BCUT2D eigenvalue weighted by Gasteiger charge is 2.22. The van der Waals surface area contributed by atoms with Crippen molar-refractivity contribution in [3.05, 3.63) is 41.8 Å². The van der Waals surface area contributed by atoms with E-state index in [4.69, 9.17) is 9.15 Å². The summed E-state index contributed by atoms with van der Waals surface area (Å²) >= 11 is 0. The Balaban J connectivity index is 1.85. The Morgan fingerprint density at radius 2 is 2.30 bits per heavy atom. The third-order valence-electron chi connectivity index (χ3n) is 3.37. The molecular formula is C14H12N4O2. The van der Waals surface area contributed by atoms with Gasteiger partial charge in [0, 0.05) is 24.7 Å². The molecule has 1 aromatic carbocycles. The molecule has 0 aliphatic carbocycles. The first kappa shape index (κ1) is 11.2. The topological polar surface area (TPSA) is 76.3 Å². The second kappa shape index (κ2) is 4.19. The number of hydrogen-bond donors (Lipinski definition) is 1. The van der Waals surface area contributed by atoms with E-state index >= 15 is 0 Å². The average Bonchev–Trinajstić information content (AvgIpc) is 3.12. The molecule has 1 aliphatic heterocycles. The van der Waals surface area contributed by atoms with Crippen LogP contribution < -0.4 is 4.74 Å². The van der Waals surface area contributed by atoms with E-state index in [-0.39, 0.29) is 0 Å². The largest absolute Gasteiger partial charge is 0.497 e. The number of aromatic amines is 1. The second-order valence-corrected chi connectivity index (χ2v) is 4.56. The van der Waals surface area contributed by atoms with E-state index < -0.39 is 0 Å². The summed E-state index contributed by atoms with van der Waals surface area (Å²) in [5.41, 5.74) is 4.09. The zero-order valence-electron chi connectivity index (χ0n) is 10.9. The maximum Gasteiger partial charge on any atom is 0.248 e. The third-order valence-corrected chi connectivity index (χ3v) is 3.37. The first-order chi connectivity index (χ1) is 9.85. The van der Waals surface area contributed by atoms with Crippen molar-refractivity contribution in [2.24, 2.45) is 4.99 Å². The lowest BCUT2D eigenvalue weighted by Gasteiger charge is -2.08. The van der Waals surface area contributed by atoms with Crippen LogP contribution in [0.25, 0.3) is 11.1 Å². The van der Waals surface area contributed by atoms with Gasteiger partial charge in [0.15, 0.2) is 5.58 Å². The van der Waals surface area contributed by atoms with E-state index in [2.05, 4.69) is 19.9 Å². The number of H-pyrrole nitrogens is 1. The Labute approximate surface area is 114 Å². The zero-order chi connectivity index (χ0) is 13.5. The highest BCUT2D eigenvalue weighted by atomic mass is 16.5. The third kappa shape index (κ3) is 1.61. The molecule has 20 heavy (non-hydrogen) atoms. The number of nitrogens with zero attached hydrogens (tertiary/aromatic N) is 3. The van der Waals surface area contributed by atoms with Gasteiger partial charge in [-0.3, -0.25) is 4.99 Å². The van der Waals surface area contributed by atoms with Crippen LogP contribution >= 0.6 is 0 Å². The van der Waals surface area contributed by atoms with E-state index in [1.54, 1.807) is 13.4 Å². The molecule has 2 aromatic heterocycles. The Bertz CT molecular complexity index is 816. The lowest BCUT2D eigenvalue weighted by Crippen LogP contribution is -2.14. The van der Waals surface area contributed by atoms with Gasteiger partial charge in [-0.15, -0.1) is 0 Å². The number of imidazole rings is 1. The molecule has 100 valence electrons. The van der Waals surface area contributed by atoms with Crippen molar-refractivity contribution >= 4 is 16.8 Å². The van der Waals surface area contributed by atoms with Gasteiger partial charge >= 0.3 is 0 Å². The van der Waals surface area contributed by atoms with Gasteiger partial charge in [-0.1, -0.05) is 0 Å². The number of aromatic nitrogens is 3. The Morgan fingerprint density at radius 1 is 1.35 bits per heavy atom. The van der Waals surface area contributed by atoms with Crippen LogP contribution in [0.3, 0.4) is 0 Å². The lowest BCUT2D eigenvalue weighted by atomic mass is 10.1. The molecule has 0 unspecified atom stereocenters. The highest BCUT2D eigenvalue weighted by molar-refractivity contribution is 6.10. The monoisotopic (exact) mass is 268 g/mol. The van der Waals surface area contributed by atoms with Crippen LogP contribution in [0.1, 0.15) is 17.3 Å². The van der Waals surface area contributed by atoms with Gasteiger partial charge in [-0.25, -0.2) is 9.97 Å². The van der Waals surface area contributed by atoms with Crippen molar-refractivity contribution in [3.63, 3.8) is 0 Å². The van der Waals surface area contributed by atoms with Gasteiger partial charge in [-0.2, -0.15) is 0 Å². The second-order valence-electron chi connectivity index (χ2n) is 4.56. The minimum atomic E-state index is 0.501. The van der Waals surface area contributed by atoms with Gasteiger partial charge < -0.3 is 14.1 Å². The number of methoxy groups -OCH3 is 1. The van der Waals surface area contributed by atoms with Crippen molar-refractivity contribution in [2.75, 3.05) is 13.7 Å². The molecule has 0 spiro atoms. The van der Waals surface area contributed by atoms with E-state index in [1.807, 2.05) is 18.2 Å². The fourth-order valence-electron chi connectivity index (χ4n) is 2.37. The summed E-state index contributed by atoms with van der Waals surface area (Å²) in [5, 5.41) is 0. The van der Waals surface area contributed by atoms with Crippen molar-refractivity contribution < 1.29 is 9.15 Å². The van der Waals surface area contributed by atoms with Crippen molar-refractivity contribution in [2.45, 2.75) is 6.42 Å². The first-order valence-corrected chi connectivity index (χ1v) is 6.37. The molecular weight excluding hydrogens is 256 g/mol. The minimum absolute atomic E-state index is 0.501. The number of aliphatic imine (C=N–C) groups is 1. The minimum Gasteiger partial charge on any atom is -0.497 e. The number of hydrogen-bond acceptors (Lipinski definition) is 5. The van der Waals surface area contributed by atoms with E-state index in [9.17, 15) is 0 Å². The lowest BCUT2D eigenvalue weighted by molar-refractivity contribution is 0.415. The van der Waals surface area contributed by atoms with E-state index in [0.717, 1.165) is 29.1 Å². The predicted octanol–water partition coefficient (Wildman–Crippen LogP) is 1.95. The summed E-state index contributed by atoms with van der Waals surface area (Å²) in [4.78, 5) is 16.4. The van der Waals surface area contributed by atoms with E-state index in [0.29, 0.717) is 23.7 Å². The molecule has 0 amide bonds. The average molecular weight is 268 g/mol. The normalized spacial score (nSPS) is 14.2. The molecule has 0 bridgehead atoms. The predicted molar refractivity (Wildman–Crippen MR) is 73.4 cm³/mol. The van der Waals surface area contributed by atoms with Gasteiger partial charge in [-0.05, 0) is 12.1 Å². The molecule has 1 aliphatic rings. The number of fused-ring (bicyclic) bond motifs is 2. The van der Waals surface area contributed by atoms with Gasteiger partial charge in [0.2, 0.25) is 5.89 Å². The molecule has 3 aromatic rings. The summed E-state index contributed by atoms with van der Waals surface area (Å²) in [6, 6.07) is 5.54. The Hall–Kier alpha value is -2.63. The van der Waals surface area contributed by atoms with Crippen LogP contribution in [-0.2, 0) is 6.42 Å². The summed E-state index contributed by atoms with van der Waals surface area (Å²) in [6.45, 7) is 0.715. The molecule has 4 rings (SSSR count). The maximum atomic E-state index is 5.78. The molecule has 6 nitrogen and oxygen atoms in total. The van der Waals surface area contributed by atoms with Crippen LogP contribution in [0.5, 0.6) is 5.75 Å². The van der Waals surface area contributed by atoms with Gasteiger partial charge in [0.05, 0.1) is 13.4 Å². The van der Waals surface area contributed by atoms with Crippen molar-refractivity contribution in [1.82, 2.24) is 15.0 Å². The molecule has 6 heteroatoms. The summed E-state index contributed by atoms with van der Waals surface area (Å²) in [5.74, 6) is 1.25. The maximum absolute atomic E-state index is 5.78. The van der Waals surface area contributed by atoms with Crippen LogP contribution in [0.4, 0.5) is 0 Å². The van der Waals surface area contributed by atoms with Gasteiger partial charge in [0.25, 0.3) is 0 Å². The van der Waals surface area contributed by atoms with Crippen LogP contribution in [0, 0.1) is 0 Å². The smallest absolute Gasteiger partial charge is 0.248 e. The molecule has 0 radical (unpaired) electrons. The number of benzene rings is 1. The number of nitrogens with one attached hydrogen (secondary N) is 1. The highest BCUT2D eigenvalue weighted by Crippen LogP contribution is 2.24. The summed E-state index contributed by atoms with van der Waals surface area (Å²) < 4.78 is 11.0. The Kier molecular flexibility index (Phi) is 2.35. The number of rotatable bonds is 2. The summed E-state index contributed by atoms with van der Waals surface area (Å²) in [7, 11) is 1.63. The standard InChI is InChI=1S/C14H12N4O2/c1-19-8-2-3-11-10(6-8)18-14(20-11)13-12-9(4-5-15-13)16-7-17-12/h2-3,6-7H,4-5H2,1H3,(H,16,17). The fraction of sp³-hybridized carbons (Fsp3) is 0.214. The SMILES string of the molecule is COc1ccc2oc(C3=NCCc4[nH]cnc43)nc2c1. The van der Waals surface area contributed by atoms with Crippen LogP contribution in [-0.4, -0.2) is 34.3 Å². The van der Waals surface area contributed by atoms with Crippen molar-refractivity contribution in [3.8, 4) is 5.75 Å². The first-order valence-electron chi connectivity index (χ1n) is 6.37. The summed E-state index contributed by atoms with van der Waals surface area (Å²) in [6.07, 6.45) is 2.55. The van der Waals surface area contributed by atoms with Crippen LogP contribution in [0.2, 0.25) is 0 Å². The van der Waals surface area contributed by atoms with Crippen LogP contribution in [0.15, 0.2) is 33.9 Å². The fourth-order valence-corrected chi connectivity index (χ4v) is 2.37. The quantitative estimate of drug-likeness (QED) is 0.770. The zero-order valence-corrected chi connectivity index (χ0v) is 10.9. The number of ether oxygens (including phenoxy) is 1. The Morgan fingerprint density at radius 3 is 3.20 bits per heavy atom. The van der Waals surface area contributed by atoms with Gasteiger partial charge in [0.1, 0.15) is 22.7 Å². The molecule has 1 N–H and O–H groups in total. The van der Waals surface area contributed by atoms with Crippen molar-refractivity contribution in [1.29, 1.82) is 0 Å². The number of oxazole rings is 1. The molecule has 3 heterocycles.